The zero-order chi connectivity index (χ0) is 28.4. The van der Waals surface area contributed by atoms with E-state index in [4.69, 9.17) is 18.9 Å². The Labute approximate surface area is 235 Å². The number of rotatable bonds is 13. The first-order chi connectivity index (χ1) is 18.8. The molecule has 1 aliphatic heterocycles. The van der Waals surface area contributed by atoms with Gasteiger partial charge in [0.25, 0.3) is 0 Å². The van der Waals surface area contributed by atoms with E-state index in [1.807, 2.05) is 19.1 Å². The molecule has 11 nitrogen and oxygen atoms in total. The lowest BCUT2D eigenvalue weighted by molar-refractivity contribution is -0.136. The van der Waals surface area contributed by atoms with Crippen LogP contribution in [0.15, 0.2) is 69.9 Å². The smallest absolute Gasteiger partial charge is 0.337 e. The lowest BCUT2D eigenvalue weighted by Crippen LogP contribution is -2.45. The molecule has 0 bridgehead atoms. The van der Waals surface area contributed by atoms with Gasteiger partial charge in [0.1, 0.15) is 19.0 Å². The number of ether oxygens (including phenoxy) is 4. The number of amides is 2. The number of esters is 1. The van der Waals surface area contributed by atoms with E-state index in [2.05, 4.69) is 43.7 Å². The second kappa shape index (κ2) is 14.2. The Morgan fingerprint density at radius 3 is 2.69 bits per heavy atom. The number of hydrazone groups is 1. The van der Waals surface area contributed by atoms with Gasteiger partial charge in [-0.3, -0.25) is 5.43 Å². The zero-order valence-electron chi connectivity index (χ0n) is 21.8. The van der Waals surface area contributed by atoms with E-state index in [1.54, 1.807) is 37.3 Å². The Morgan fingerprint density at radius 2 is 1.97 bits per heavy atom. The van der Waals surface area contributed by atoms with Crippen LogP contribution in [0.25, 0.3) is 0 Å². The molecular formula is C27H31BrN4O7. The second-order valence-electron chi connectivity index (χ2n) is 8.20. The minimum absolute atomic E-state index is 0.147. The Bertz CT molecular complexity index is 1260. The summed E-state index contributed by atoms with van der Waals surface area (Å²) in [7, 11) is 1.27. The van der Waals surface area contributed by atoms with Crippen LogP contribution in [-0.4, -0.2) is 56.5 Å². The Kier molecular flexibility index (Phi) is 10.8. The molecule has 208 valence electrons. The summed E-state index contributed by atoms with van der Waals surface area (Å²) in [5.41, 5.74) is 4.56. The van der Waals surface area contributed by atoms with E-state index in [-0.39, 0.29) is 12.2 Å². The molecule has 2 aromatic carbocycles. The number of allylic oxidation sites excluding steroid dienone is 1. The summed E-state index contributed by atoms with van der Waals surface area (Å²) in [6.07, 6.45) is 2.03. The van der Waals surface area contributed by atoms with E-state index >= 15 is 0 Å². The predicted octanol–water partition coefficient (Wildman–Crippen LogP) is 3.53. The maximum Gasteiger partial charge on any atom is 0.337 e. The van der Waals surface area contributed by atoms with Crippen molar-refractivity contribution in [2.45, 2.75) is 26.1 Å². The standard InChI is InChI=1S/C27H31BrN4O7/c1-5-11-38-20-10-8-19(28)12-18(20)14-29-32-23(33)15-39-21-9-7-17(13-22(21)37-6-2)25-24(26(34)36-4)16(3)30-27(35)31-25/h5,7-10,12-14,23,25,32-33H,1,6,11,15H2,2-4H3,(H2,30,31,35)/b29-14+/t23-,25-/m1/s1. The van der Waals surface area contributed by atoms with Crippen LogP contribution < -0.4 is 30.3 Å². The molecule has 12 heteroatoms. The van der Waals surface area contributed by atoms with E-state index in [0.29, 0.717) is 47.3 Å². The van der Waals surface area contributed by atoms with Gasteiger partial charge in [-0.25, -0.2) is 9.59 Å². The summed E-state index contributed by atoms with van der Waals surface area (Å²) in [6, 6.07) is 9.28. The van der Waals surface area contributed by atoms with E-state index < -0.39 is 24.3 Å². The first-order valence-electron chi connectivity index (χ1n) is 12.0. The van der Waals surface area contributed by atoms with Crippen molar-refractivity contribution in [3.63, 3.8) is 0 Å². The van der Waals surface area contributed by atoms with E-state index in [0.717, 1.165) is 4.47 Å². The number of urea groups is 1. The molecule has 39 heavy (non-hydrogen) atoms. The second-order valence-corrected chi connectivity index (χ2v) is 9.11. The van der Waals surface area contributed by atoms with Crippen LogP contribution in [0, 0.1) is 0 Å². The number of carbonyl (C=O) groups excluding carboxylic acids is 2. The van der Waals surface area contributed by atoms with Crippen molar-refractivity contribution in [1.82, 2.24) is 16.1 Å². The summed E-state index contributed by atoms with van der Waals surface area (Å²) >= 11 is 3.42. The zero-order valence-corrected chi connectivity index (χ0v) is 23.4. The molecule has 4 N–H and O–H groups in total. The van der Waals surface area contributed by atoms with Gasteiger partial charge in [0.15, 0.2) is 17.7 Å². The normalized spacial score (nSPS) is 15.7. The summed E-state index contributed by atoms with van der Waals surface area (Å²) in [6.45, 7) is 7.62. The maximum absolute atomic E-state index is 12.4. The molecular weight excluding hydrogens is 572 g/mol. The summed E-state index contributed by atoms with van der Waals surface area (Å²) in [5, 5.41) is 19.8. The maximum atomic E-state index is 12.4. The van der Waals surface area contributed by atoms with Crippen LogP contribution in [0.3, 0.4) is 0 Å². The Hall–Kier alpha value is -4.03. The fourth-order valence-corrected chi connectivity index (χ4v) is 4.09. The molecule has 3 rings (SSSR count). The fraction of sp³-hybridized carbons (Fsp3) is 0.296. The molecule has 1 aliphatic rings. The van der Waals surface area contributed by atoms with Crippen molar-refractivity contribution in [3.8, 4) is 17.2 Å². The topological polar surface area (TPSA) is 140 Å². The average Bonchev–Trinajstić information content (AvgIpc) is 2.91. The number of aliphatic hydroxyl groups is 1. The number of aliphatic hydroxyl groups excluding tert-OH is 1. The third-order valence-electron chi connectivity index (χ3n) is 5.43. The minimum Gasteiger partial charge on any atom is -0.490 e. The van der Waals surface area contributed by atoms with E-state index in [9.17, 15) is 14.7 Å². The predicted molar refractivity (Wildman–Crippen MR) is 149 cm³/mol. The number of nitrogens with one attached hydrogen (secondary N) is 3. The largest absolute Gasteiger partial charge is 0.490 e. The highest BCUT2D eigenvalue weighted by Gasteiger charge is 2.32. The fourth-order valence-electron chi connectivity index (χ4n) is 3.72. The van der Waals surface area contributed by atoms with Gasteiger partial charge in [-0.15, -0.1) is 0 Å². The van der Waals surface area contributed by atoms with Crippen LogP contribution in [0.4, 0.5) is 4.79 Å². The summed E-state index contributed by atoms with van der Waals surface area (Å²) in [5.74, 6) is 0.776. The van der Waals surface area contributed by atoms with Gasteiger partial charge in [-0.05, 0) is 49.7 Å². The number of hydrogen-bond acceptors (Lipinski definition) is 9. The third kappa shape index (κ3) is 7.98. The van der Waals surface area contributed by atoms with Crippen molar-refractivity contribution in [1.29, 1.82) is 0 Å². The monoisotopic (exact) mass is 602 g/mol. The van der Waals surface area contributed by atoms with Crippen LogP contribution >= 0.6 is 15.9 Å². The van der Waals surface area contributed by atoms with Crippen LogP contribution in [-0.2, 0) is 9.53 Å². The van der Waals surface area contributed by atoms with Crippen molar-refractivity contribution in [3.05, 3.63) is 75.9 Å². The van der Waals surface area contributed by atoms with E-state index in [1.165, 1.54) is 13.3 Å². The number of methoxy groups -OCH3 is 1. The molecule has 0 unspecified atom stereocenters. The summed E-state index contributed by atoms with van der Waals surface area (Å²) < 4.78 is 22.9. The molecule has 0 aliphatic carbocycles. The lowest BCUT2D eigenvalue weighted by Gasteiger charge is -2.28. The number of hydrogen-bond donors (Lipinski definition) is 4. The summed E-state index contributed by atoms with van der Waals surface area (Å²) in [4.78, 5) is 24.5. The highest BCUT2D eigenvalue weighted by Crippen LogP contribution is 2.35. The molecule has 2 atom stereocenters. The Balaban J connectivity index is 1.70. The molecule has 2 amide bonds. The quantitative estimate of drug-likeness (QED) is 0.0897. The van der Waals surface area contributed by atoms with Gasteiger partial charge in [0, 0.05) is 15.7 Å². The molecule has 0 spiro atoms. The molecule has 0 fully saturated rings. The number of benzene rings is 2. The molecule has 1 heterocycles. The lowest BCUT2D eigenvalue weighted by atomic mass is 9.95. The molecule has 0 radical (unpaired) electrons. The van der Waals surface area contributed by atoms with Crippen LogP contribution in [0.1, 0.15) is 31.0 Å². The average molecular weight is 603 g/mol. The van der Waals surface area contributed by atoms with Gasteiger partial charge < -0.3 is 34.7 Å². The SMILES string of the molecule is C=CCOc1ccc(Br)cc1/C=N/N[C@H](O)COc1ccc([C@H]2NC(=O)NC(C)=C2C(=O)OC)cc1OCC. The number of halogens is 1. The highest BCUT2D eigenvalue weighted by molar-refractivity contribution is 9.10. The van der Waals surface area contributed by atoms with Crippen molar-refractivity contribution in [2.24, 2.45) is 5.10 Å². The molecule has 0 aromatic heterocycles. The van der Waals surface area contributed by atoms with Gasteiger partial charge in [-0.1, -0.05) is 34.7 Å². The first-order valence-corrected chi connectivity index (χ1v) is 12.8. The minimum atomic E-state index is -1.14. The van der Waals surface area contributed by atoms with Crippen molar-refractivity contribution >= 4 is 34.1 Å². The molecule has 0 saturated heterocycles. The van der Waals surface area contributed by atoms with Crippen molar-refractivity contribution in [2.75, 3.05) is 26.9 Å². The number of nitrogens with zero attached hydrogens (tertiary/aromatic N) is 1. The highest BCUT2D eigenvalue weighted by atomic mass is 79.9. The van der Waals surface area contributed by atoms with Crippen molar-refractivity contribution < 1.29 is 33.6 Å². The number of carbonyl (C=O) groups is 2. The van der Waals surface area contributed by atoms with Gasteiger partial charge in [-0.2, -0.15) is 5.10 Å². The van der Waals surface area contributed by atoms with Crippen LogP contribution in [0.2, 0.25) is 0 Å². The van der Waals surface area contributed by atoms with Gasteiger partial charge in [0.2, 0.25) is 0 Å². The van der Waals surface area contributed by atoms with Gasteiger partial charge in [0.05, 0.1) is 31.5 Å². The van der Waals surface area contributed by atoms with Gasteiger partial charge >= 0.3 is 12.0 Å². The molecule has 0 saturated carbocycles. The third-order valence-corrected chi connectivity index (χ3v) is 5.92. The molecule has 2 aromatic rings. The first kappa shape index (κ1) is 29.5. The Morgan fingerprint density at radius 1 is 1.21 bits per heavy atom. The van der Waals surface area contributed by atoms with Crippen LogP contribution in [0.5, 0.6) is 17.2 Å².